The van der Waals surface area contributed by atoms with Crippen LogP contribution in [0, 0.1) is 24.6 Å². The number of halogens is 1. The lowest BCUT2D eigenvalue weighted by molar-refractivity contribution is 0.102. The van der Waals surface area contributed by atoms with Crippen LogP contribution in [0.3, 0.4) is 0 Å². The Labute approximate surface area is 208 Å². The van der Waals surface area contributed by atoms with E-state index in [1.165, 1.54) is 6.07 Å². The molecule has 2 aromatic carbocycles. The minimum absolute atomic E-state index is 0.0675. The second kappa shape index (κ2) is 9.76. The molecule has 0 bridgehead atoms. The summed E-state index contributed by atoms with van der Waals surface area (Å²) >= 11 is 0. The highest BCUT2D eigenvalue weighted by molar-refractivity contribution is 6.06. The molecule has 0 atom stereocenters. The second-order valence-corrected chi connectivity index (χ2v) is 8.60. The van der Waals surface area contributed by atoms with Gasteiger partial charge in [0, 0.05) is 31.3 Å². The Bertz CT molecular complexity index is 1530. The number of anilines is 2. The maximum atomic E-state index is 14.9. The van der Waals surface area contributed by atoms with Crippen LogP contribution in [0.1, 0.15) is 28.5 Å². The summed E-state index contributed by atoms with van der Waals surface area (Å²) in [6, 6.07) is 10.1. The van der Waals surface area contributed by atoms with Crippen molar-refractivity contribution in [1.29, 1.82) is 0 Å². The molecule has 1 fully saturated rings. The van der Waals surface area contributed by atoms with Crippen molar-refractivity contribution >= 4 is 28.3 Å². The lowest BCUT2D eigenvalue weighted by Crippen LogP contribution is -2.36. The monoisotopic (exact) mass is 484 g/mol. The topological polar surface area (TPSA) is 85.2 Å². The Kier molecular flexibility index (Phi) is 6.36. The van der Waals surface area contributed by atoms with Crippen molar-refractivity contribution in [2.45, 2.75) is 13.8 Å². The van der Waals surface area contributed by atoms with Gasteiger partial charge in [0.2, 0.25) is 0 Å². The van der Waals surface area contributed by atoms with Gasteiger partial charge in [-0.15, -0.1) is 10.2 Å². The smallest absolute Gasteiger partial charge is 0.255 e. The summed E-state index contributed by atoms with van der Waals surface area (Å²) in [7, 11) is 1.85. The molecule has 4 aromatic rings. The van der Waals surface area contributed by atoms with Crippen molar-refractivity contribution in [1.82, 2.24) is 19.7 Å². The third-order valence-electron chi connectivity index (χ3n) is 6.19. The van der Waals surface area contributed by atoms with Gasteiger partial charge in [0.05, 0.1) is 47.6 Å². The SMILES string of the molecule is CC#Cc1nnc(-c2cc(NC(=O)c3ccc4ncn(C)c4c3)c(F)cc2C)cc1N1CCOCC1. The molecule has 0 saturated carbocycles. The fourth-order valence-electron chi connectivity index (χ4n) is 4.27. The van der Waals surface area contributed by atoms with Crippen LogP contribution < -0.4 is 10.2 Å². The molecule has 2 aromatic heterocycles. The van der Waals surface area contributed by atoms with Gasteiger partial charge in [0.1, 0.15) is 5.82 Å². The van der Waals surface area contributed by atoms with Crippen LogP contribution in [-0.2, 0) is 11.8 Å². The van der Waals surface area contributed by atoms with Gasteiger partial charge in [-0.05, 0) is 61.7 Å². The molecule has 1 saturated heterocycles. The average molecular weight is 485 g/mol. The maximum absolute atomic E-state index is 14.9. The van der Waals surface area contributed by atoms with E-state index in [2.05, 4.69) is 37.2 Å². The molecule has 1 aliphatic heterocycles. The van der Waals surface area contributed by atoms with Crippen molar-refractivity contribution in [2.75, 3.05) is 36.5 Å². The predicted octanol–water partition coefficient (Wildman–Crippen LogP) is 3.94. The number of fused-ring (bicyclic) bond motifs is 1. The van der Waals surface area contributed by atoms with Crippen LogP contribution in [0.2, 0.25) is 0 Å². The van der Waals surface area contributed by atoms with Crippen molar-refractivity contribution < 1.29 is 13.9 Å². The summed E-state index contributed by atoms with van der Waals surface area (Å²) in [5, 5.41) is 11.4. The average Bonchev–Trinajstić information content (AvgIpc) is 3.26. The standard InChI is InChI=1S/C27H25FN6O2/c1-4-5-22-26(34-8-10-36-11-9-34)15-23(32-31-22)19-14-24(20(28)12-17(19)2)30-27(35)18-6-7-21-25(13-18)33(3)16-29-21/h6-7,12-16H,8-11H2,1-3H3,(H,30,35). The first-order chi connectivity index (χ1) is 17.4. The van der Waals surface area contributed by atoms with E-state index in [0.717, 1.165) is 16.7 Å². The summed E-state index contributed by atoms with van der Waals surface area (Å²) < 4.78 is 22.2. The van der Waals surface area contributed by atoms with Crippen molar-refractivity contribution in [3.05, 3.63) is 65.4 Å². The minimum Gasteiger partial charge on any atom is -0.378 e. The minimum atomic E-state index is -0.527. The van der Waals surface area contributed by atoms with Crippen molar-refractivity contribution in [3.8, 4) is 23.1 Å². The van der Waals surface area contributed by atoms with E-state index in [-0.39, 0.29) is 5.69 Å². The van der Waals surface area contributed by atoms with Gasteiger partial charge in [-0.25, -0.2) is 9.37 Å². The van der Waals surface area contributed by atoms with Gasteiger partial charge in [-0.3, -0.25) is 4.79 Å². The highest BCUT2D eigenvalue weighted by atomic mass is 19.1. The number of morpholine rings is 1. The summed E-state index contributed by atoms with van der Waals surface area (Å²) in [6.07, 6.45) is 1.68. The number of rotatable bonds is 4. The summed E-state index contributed by atoms with van der Waals surface area (Å²) in [6.45, 7) is 6.22. The van der Waals surface area contributed by atoms with E-state index in [1.807, 2.05) is 17.7 Å². The molecule has 36 heavy (non-hydrogen) atoms. The van der Waals surface area contributed by atoms with Crippen LogP contribution in [0.25, 0.3) is 22.3 Å². The molecule has 3 heterocycles. The molecule has 0 unspecified atom stereocenters. The Morgan fingerprint density at radius 1 is 1.14 bits per heavy atom. The van der Waals surface area contributed by atoms with Gasteiger partial charge in [-0.1, -0.05) is 5.92 Å². The number of imidazole rings is 1. The van der Waals surface area contributed by atoms with E-state index in [1.54, 1.807) is 44.4 Å². The molecular weight excluding hydrogens is 459 g/mol. The highest BCUT2D eigenvalue weighted by Gasteiger charge is 2.19. The number of ether oxygens (including phenoxy) is 1. The number of aryl methyl sites for hydroxylation is 2. The number of amides is 1. The number of hydrogen-bond donors (Lipinski definition) is 1. The van der Waals surface area contributed by atoms with Crippen LogP contribution in [0.5, 0.6) is 0 Å². The first kappa shape index (κ1) is 23.5. The normalized spacial score (nSPS) is 13.4. The zero-order valence-electron chi connectivity index (χ0n) is 20.3. The first-order valence-corrected chi connectivity index (χ1v) is 11.6. The molecule has 1 amide bonds. The highest BCUT2D eigenvalue weighted by Crippen LogP contribution is 2.31. The fraction of sp³-hybridized carbons (Fsp3) is 0.259. The van der Waals surface area contributed by atoms with E-state index in [9.17, 15) is 9.18 Å². The molecule has 1 aliphatic rings. The summed E-state index contributed by atoms with van der Waals surface area (Å²) in [4.78, 5) is 19.4. The van der Waals surface area contributed by atoms with E-state index in [4.69, 9.17) is 4.74 Å². The molecular formula is C27H25FN6O2. The van der Waals surface area contributed by atoms with Gasteiger partial charge in [0.25, 0.3) is 5.91 Å². The van der Waals surface area contributed by atoms with Gasteiger partial charge in [0.15, 0.2) is 5.69 Å². The van der Waals surface area contributed by atoms with Crippen LogP contribution in [-0.4, -0.2) is 52.0 Å². The van der Waals surface area contributed by atoms with E-state index < -0.39 is 11.7 Å². The molecule has 0 spiro atoms. The third kappa shape index (κ3) is 4.51. The van der Waals surface area contributed by atoms with E-state index >= 15 is 0 Å². The molecule has 1 N–H and O–H groups in total. The molecule has 182 valence electrons. The number of nitrogens with zero attached hydrogens (tertiary/aromatic N) is 5. The Morgan fingerprint density at radius 3 is 2.72 bits per heavy atom. The molecule has 0 aliphatic carbocycles. The second-order valence-electron chi connectivity index (χ2n) is 8.60. The maximum Gasteiger partial charge on any atom is 0.255 e. The van der Waals surface area contributed by atoms with E-state index in [0.29, 0.717) is 54.4 Å². The summed E-state index contributed by atoms with van der Waals surface area (Å²) in [5.74, 6) is 4.96. The van der Waals surface area contributed by atoms with Gasteiger partial charge >= 0.3 is 0 Å². The van der Waals surface area contributed by atoms with Gasteiger partial charge < -0.3 is 19.5 Å². The number of hydrogen-bond acceptors (Lipinski definition) is 6. The zero-order valence-corrected chi connectivity index (χ0v) is 20.3. The number of nitrogens with one attached hydrogen (secondary N) is 1. The van der Waals surface area contributed by atoms with Gasteiger partial charge in [-0.2, -0.15) is 0 Å². The lowest BCUT2D eigenvalue weighted by atomic mass is 10.0. The number of aromatic nitrogens is 4. The van der Waals surface area contributed by atoms with Crippen molar-refractivity contribution in [2.24, 2.45) is 7.05 Å². The Balaban J connectivity index is 1.49. The quantitative estimate of drug-likeness (QED) is 0.442. The third-order valence-corrected chi connectivity index (χ3v) is 6.19. The molecule has 0 radical (unpaired) electrons. The fourth-order valence-corrected chi connectivity index (χ4v) is 4.27. The lowest BCUT2D eigenvalue weighted by Gasteiger charge is -2.29. The number of carbonyl (C=O) groups is 1. The Hall–Kier alpha value is -4.29. The van der Waals surface area contributed by atoms with Crippen LogP contribution >= 0.6 is 0 Å². The van der Waals surface area contributed by atoms with Crippen LogP contribution in [0.15, 0.2) is 42.7 Å². The van der Waals surface area contributed by atoms with Crippen LogP contribution in [0.4, 0.5) is 15.8 Å². The predicted molar refractivity (Wildman–Crippen MR) is 136 cm³/mol. The van der Waals surface area contributed by atoms with Crippen molar-refractivity contribution in [3.63, 3.8) is 0 Å². The molecule has 8 nitrogen and oxygen atoms in total. The molecule has 5 rings (SSSR count). The molecule has 9 heteroatoms. The first-order valence-electron chi connectivity index (χ1n) is 11.6. The largest absolute Gasteiger partial charge is 0.378 e. The zero-order chi connectivity index (χ0) is 25.2. The number of carbonyl (C=O) groups excluding carboxylic acids is 1. The number of benzene rings is 2. The Morgan fingerprint density at radius 2 is 1.94 bits per heavy atom. The summed E-state index contributed by atoms with van der Waals surface area (Å²) in [5.41, 5.74) is 5.44.